The molecule has 0 amide bonds. The van der Waals surface area contributed by atoms with Crippen LogP contribution in [0.3, 0.4) is 0 Å². The first-order valence-electron chi connectivity index (χ1n) is 5.44. The van der Waals surface area contributed by atoms with Gasteiger partial charge < -0.3 is 10.8 Å². The lowest BCUT2D eigenvalue weighted by atomic mass is 10.1. The average molecular weight is 253 g/mol. The van der Waals surface area contributed by atoms with Gasteiger partial charge in [0.2, 0.25) is 0 Å². The second-order valence-electron chi connectivity index (χ2n) is 3.45. The molecule has 0 aromatic heterocycles. The lowest BCUT2D eigenvalue weighted by Crippen LogP contribution is -1.94. The molecule has 1 rings (SSSR count). The highest BCUT2D eigenvalue weighted by Gasteiger charge is 2.01. The molecular formula is C13H16FNOS. The Morgan fingerprint density at radius 2 is 2.24 bits per heavy atom. The van der Waals surface area contributed by atoms with Gasteiger partial charge in [0.1, 0.15) is 5.82 Å². The van der Waals surface area contributed by atoms with Crippen LogP contribution < -0.4 is 5.73 Å². The van der Waals surface area contributed by atoms with Gasteiger partial charge in [0.25, 0.3) is 0 Å². The minimum absolute atomic E-state index is 0.212. The molecule has 3 N–H and O–H groups in total. The van der Waals surface area contributed by atoms with Crippen LogP contribution in [-0.2, 0) is 5.75 Å². The van der Waals surface area contributed by atoms with E-state index >= 15 is 0 Å². The molecule has 2 nitrogen and oxygen atoms in total. The van der Waals surface area contributed by atoms with E-state index in [1.165, 1.54) is 6.07 Å². The van der Waals surface area contributed by atoms with Crippen LogP contribution in [0.25, 0.3) is 0 Å². The quantitative estimate of drug-likeness (QED) is 0.621. The van der Waals surface area contributed by atoms with Crippen LogP contribution in [0.15, 0.2) is 18.2 Å². The molecule has 1 aromatic rings. The van der Waals surface area contributed by atoms with Crippen molar-refractivity contribution in [3.05, 3.63) is 35.1 Å². The molecule has 4 heteroatoms. The molecule has 0 atom stereocenters. The van der Waals surface area contributed by atoms with Crippen LogP contribution in [0.1, 0.15) is 17.5 Å². The van der Waals surface area contributed by atoms with Gasteiger partial charge in [0, 0.05) is 12.4 Å². The van der Waals surface area contributed by atoms with Gasteiger partial charge in [0.15, 0.2) is 0 Å². The Kier molecular flexibility index (Phi) is 6.71. The van der Waals surface area contributed by atoms with E-state index in [-0.39, 0.29) is 19.0 Å². The van der Waals surface area contributed by atoms with Crippen molar-refractivity contribution in [3.8, 4) is 11.8 Å². The van der Waals surface area contributed by atoms with E-state index in [0.29, 0.717) is 5.56 Å². The predicted molar refractivity (Wildman–Crippen MR) is 70.2 cm³/mol. The summed E-state index contributed by atoms with van der Waals surface area (Å²) in [5.41, 5.74) is 6.69. The highest BCUT2D eigenvalue weighted by molar-refractivity contribution is 7.98. The van der Waals surface area contributed by atoms with Crippen LogP contribution in [0.2, 0.25) is 0 Å². The van der Waals surface area contributed by atoms with Crippen molar-refractivity contribution in [3.63, 3.8) is 0 Å². The smallest absolute Gasteiger partial charge is 0.138 e. The Balaban J connectivity index is 2.61. The zero-order chi connectivity index (χ0) is 12.5. The van der Waals surface area contributed by atoms with Crippen LogP contribution in [-0.4, -0.2) is 24.0 Å². The van der Waals surface area contributed by atoms with Crippen LogP contribution in [0, 0.1) is 17.7 Å². The van der Waals surface area contributed by atoms with Crippen molar-refractivity contribution < 1.29 is 9.50 Å². The molecular weight excluding hydrogens is 237 g/mol. The van der Waals surface area contributed by atoms with Gasteiger partial charge in [-0.2, -0.15) is 11.8 Å². The van der Waals surface area contributed by atoms with Gasteiger partial charge in [-0.25, -0.2) is 4.39 Å². The van der Waals surface area contributed by atoms with Crippen molar-refractivity contribution in [1.82, 2.24) is 0 Å². The Hall–Kier alpha value is -1.02. The number of hydrogen-bond donors (Lipinski definition) is 2. The second kappa shape index (κ2) is 8.13. The van der Waals surface area contributed by atoms with Crippen molar-refractivity contribution in [2.75, 3.05) is 18.9 Å². The third-order valence-corrected chi connectivity index (χ3v) is 3.19. The van der Waals surface area contributed by atoms with Gasteiger partial charge in [-0.05, 0) is 29.9 Å². The molecule has 0 aliphatic carbocycles. The van der Waals surface area contributed by atoms with E-state index in [2.05, 4.69) is 11.8 Å². The van der Waals surface area contributed by atoms with Gasteiger partial charge in [-0.1, -0.05) is 17.9 Å². The average Bonchev–Trinajstić information content (AvgIpc) is 2.35. The van der Waals surface area contributed by atoms with Gasteiger partial charge in [-0.15, -0.1) is 0 Å². The van der Waals surface area contributed by atoms with E-state index in [0.717, 1.165) is 23.5 Å². The van der Waals surface area contributed by atoms with E-state index in [1.54, 1.807) is 23.9 Å². The van der Waals surface area contributed by atoms with Crippen molar-refractivity contribution in [2.45, 2.75) is 12.2 Å². The van der Waals surface area contributed by atoms with Crippen molar-refractivity contribution in [2.24, 2.45) is 5.73 Å². The maximum absolute atomic E-state index is 13.4. The van der Waals surface area contributed by atoms with E-state index in [4.69, 9.17) is 10.8 Å². The summed E-state index contributed by atoms with van der Waals surface area (Å²) in [6.45, 7) is 0.443. The molecule has 0 aliphatic rings. The minimum atomic E-state index is -0.310. The standard InChI is InChI=1S/C13H16FNOS/c14-13-5-4-11(10-17-8-2-7-16)9-12(13)3-1-6-15/h4-5,9,16H,2,6-8,10,15H2. The summed E-state index contributed by atoms with van der Waals surface area (Å²) in [6.07, 6.45) is 0.783. The molecule has 0 radical (unpaired) electrons. The Morgan fingerprint density at radius 3 is 2.94 bits per heavy atom. The van der Waals surface area contributed by atoms with Gasteiger partial charge in [-0.3, -0.25) is 0 Å². The van der Waals surface area contributed by atoms with E-state index in [1.807, 2.05) is 0 Å². The largest absolute Gasteiger partial charge is 0.396 e. The molecule has 0 spiro atoms. The number of halogens is 1. The molecule has 17 heavy (non-hydrogen) atoms. The summed E-state index contributed by atoms with van der Waals surface area (Å²) < 4.78 is 13.4. The molecule has 0 saturated heterocycles. The minimum Gasteiger partial charge on any atom is -0.396 e. The molecule has 0 saturated carbocycles. The van der Waals surface area contributed by atoms with E-state index in [9.17, 15) is 4.39 Å². The maximum atomic E-state index is 13.4. The lowest BCUT2D eigenvalue weighted by molar-refractivity contribution is 0.296. The molecule has 0 fully saturated rings. The van der Waals surface area contributed by atoms with Crippen LogP contribution >= 0.6 is 11.8 Å². The van der Waals surface area contributed by atoms with Gasteiger partial charge in [0.05, 0.1) is 12.1 Å². The third-order valence-electron chi connectivity index (χ3n) is 2.07. The molecule has 0 heterocycles. The Labute approximate surface area is 105 Å². The highest BCUT2D eigenvalue weighted by atomic mass is 32.2. The first kappa shape index (κ1) is 14.0. The summed E-state index contributed by atoms with van der Waals surface area (Å²) in [5.74, 6) is 6.76. The van der Waals surface area contributed by atoms with E-state index < -0.39 is 0 Å². The Bertz CT molecular complexity index is 412. The number of thioether (sulfide) groups is 1. The normalized spacial score (nSPS) is 9.82. The zero-order valence-corrected chi connectivity index (χ0v) is 10.4. The SMILES string of the molecule is NCC#Cc1cc(CSCCCO)ccc1F. The van der Waals surface area contributed by atoms with Gasteiger partial charge >= 0.3 is 0 Å². The second-order valence-corrected chi connectivity index (χ2v) is 4.56. The summed E-state index contributed by atoms with van der Waals surface area (Å²) >= 11 is 1.71. The fourth-order valence-corrected chi connectivity index (χ4v) is 2.15. The van der Waals surface area contributed by atoms with Crippen LogP contribution in [0.4, 0.5) is 4.39 Å². The topological polar surface area (TPSA) is 46.2 Å². The number of aliphatic hydroxyl groups excluding tert-OH is 1. The zero-order valence-electron chi connectivity index (χ0n) is 9.58. The lowest BCUT2D eigenvalue weighted by Gasteiger charge is -2.02. The predicted octanol–water partition coefficient (Wildman–Crippen LogP) is 1.75. The number of aliphatic hydroxyl groups is 1. The number of benzene rings is 1. The summed E-state index contributed by atoms with van der Waals surface area (Å²) in [6, 6.07) is 4.95. The summed E-state index contributed by atoms with van der Waals surface area (Å²) in [4.78, 5) is 0. The van der Waals surface area contributed by atoms with Crippen LogP contribution in [0.5, 0.6) is 0 Å². The fraction of sp³-hybridized carbons (Fsp3) is 0.385. The molecule has 0 bridgehead atoms. The first-order valence-corrected chi connectivity index (χ1v) is 6.59. The molecule has 1 aromatic carbocycles. The maximum Gasteiger partial charge on any atom is 0.138 e. The molecule has 0 aliphatic heterocycles. The molecule has 0 unspecified atom stereocenters. The first-order chi connectivity index (χ1) is 8.27. The summed E-state index contributed by atoms with van der Waals surface area (Å²) in [7, 11) is 0. The number of hydrogen-bond acceptors (Lipinski definition) is 3. The third kappa shape index (κ3) is 5.22. The Morgan fingerprint density at radius 1 is 1.41 bits per heavy atom. The summed E-state index contributed by atoms with van der Waals surface area (Å²) in [5, 5.41) is 8.65. The highest BCUT2D eigenvalue weighted by Crippen LogP contribution is 2.16. The fourth-order valence-electron chi connectivity index (χ4n) is 1.26. The van der Waals surface area contributed by atoms with Crippen molar-refractivity contribution in [1.29, 1.82) is 0 Å². The monoisotopic (exact) mass is 253 g/mol. The number of rotatable bonds is 5. The molecule has 92 valence electrons. The van der Waals surface area contributed by atoms with Crippen molar-refractivity contribution >= 4 is 11.8 Å². The number of nitrogens with two attached hydrogens (primary N) is 1.